The first-order valence-electron chi connectivity index (χ1n) is 10.0. The molecule has 2 aliphatic heterocycles. The summed E-state index contributed by atoms with van der Waals surface area (Å²) in [5.41, 5.74) is 3.04. The van der Waals surface area contributed by atoms with Crippen LogP contribution in [0.1, 0.15) is 43.0 Å². The third-order valence-electron chi connectivity index (χ3n) is 5.80. The lowest BCUT2D eigenvalue weighted by molar-refractivity contribution is -0.118. The minimum atomic E-state index is -0.104. The zero-order valence-electron chi connectivity index (χ0n) is 16.0. The van der Waals surface area contributed by atoms with Crippen molar-refractivity contribution in [3.8, 4) is 5.75 Å². The normalized spacial score (nSPS) is 20.0. The lowest BCUT2D eigenvalue weighted by atomic mass is 9.99. The van der Waals surface area contributed by atoms with E-state index in [-0.39, 0.29) is 18.6 Å². The molecule has 5 rings (SSSR count). The summed E-state index contributed by atoms with van der Waals surface area (Å²) >= 11 is 0. The molecule has 7 nitrogen and oxygen atoms in total. The number of nitrogens with one attached hydrogen (secondary N) is 2. The van der Waals surface area contributed by atoms with Crippen LogP contribution in [0.3, 0.4) is 0 Å². The van der Waals surface area contributed by atoms with Crippen molar-refractivity contribution < 1.29 is 9.53 Å². The maximum Gasteiger partial charge on any atom is 0.262 e. The number of anilines is 2. The van der Waals surface area contributed by atoms with E-state index < -0.39 is 0 Å². The van der Waals surface area contributed by atoms with Gasteiger partial charge in [-0.3, -0.25) is 4.79 Å². The number of nitrogens with zero attached hydrogens (tertiary/aromatic N) is 3. The van der Waals surface area contributed by atoms with E-state index in [0.717, 1.165) is 48.1 Å². The largest absolute Gasteiger partial charge is 0.482 e. The molecule has 146 valence electrons. The summed E-state index contributed by atoms with van der Waals surface area (Å²) in [6, 6.07) is 10.4. The lowest BCUT2D eigenvalue weighted by Gasteiger charge is -2.40. The summed E-state index contributed by atoms with van der Waals surface area (Å²) in [6.07, 6.45) is 2.51. The number of hydrogen-bond donors (Lipinski definition) is 2. The van der Waals surface area contributed by atoms with Crippen LogP contribution >= 0.6 is 0 Å². The van der Waals surface area contributed by atoms with Gasteiger partial charge in [0.1, 0.15) is 5.75 Å². The van der Waals surface area contributed by atoms with Crippen LogP contribution in [-0.4, -0.2) is 42.3 Å². The SMILES string of the molecule is CC(NCC1CN(c2ccc(C3CC3)nn2)C1)c1ccc2c(c1)NC(=O)CO2. The van der Waals surface area contributed by atoms with Crippen molar-refractivity contribution in [3.63, 3.8) is 0 Å². The van der Waals surface area contributed by atoms with Gasteiger partial charge in [-0.05, 0) is 49.6 Å². The average molecular weight is 379 g/mol. The van der Waals surface area contributed by atoms with Gasteiger partial charge >= 0.3 is 0 Å². The molecule has 1 saturated heterocycles. The van der Waals surface area contributed by atoms with Gasteiger partial charge in [0.25, 0.3) is 5.91 Å². The molecule has 0 bridgehead atoms. The average Bonchev–Trinajstić information content (AvgIpc) is 3.51. The number of amides is 1. The summed E-state index contributed by atoms with van der Waals surface area (Å²) in [7, 11) is 0. The molecule has 3 heterocycles. The molecule has 1 atom stereocenters. The quantitative estimate of drug-likeness (QED) is 0.803. The van der Waals surface area contributed by atoms with E-state index in [1.165, 1.54) is 12.8 Å². The first kappa shape index (κ1) is 17.4. The first-order chi connectivity index (χ1) is 13.7. The van der Waals surface area contributed by atoms with Gasteiger partial charge in [0, 0.05) is 37.5 Å². The van der Waals surface area contributed by atoms with E-state index in [9.17, 15) is 4.79 Å². The zero-order chi connectivity index (χ0) is 19.1. The number of rotatable bonds is 6. The van der Waals surface area contributed by atoms with Gasteiger partial charge in [-0.2, -0.15) is 5.10 Å². The zero-order valence-corrected chi connectivity index (χ0v) is 16.0. The van der Waals surface area contributed by atoms with Crippen molar-refractivity contribution in [2.24, 2.45) is 5.92 Å². The van der Waals surface area contributed by atoms with E-state index >= 15 is 0 Å². The maximum absolute atomic E-state index is 11.5. The van der Waals surface area contributed by atoms with Crippen LogP contribution in [0.4, 0.5) is 11.5 Å². The fraction of sp³-hybridized carbons (Fsp3) is 0.476. The van der Waals surface area contributed by atoms with Crippen molar-refractivity contribution in [1.82, 2.24) is 15.5 Å². The number of ether oxygens (including phenoxy) is 1. The number of hydrogen-bond acceptors (Lipinski definition) is 6. The van der Waals surface area contributed by atoms with Gasteiger partial charge < -0.3 is 20.3 Å². The number of benzene rings is 1. The smallest absolute Gasteiger partial charge is 0.262 e. The second-order valence-corrected chi connectivity index (χ2v) is 8.08. The molecule has 1 aromatic carbocycles. The topological polar surface area (TPSA) is 79.4 Å². The Hall–Kier alpha value is -2.67. The predicted molar refractivity (Wildman–Crippen MR) is 107 cm³/mol. The van der Waals surface area contributed by atoms with Gasteiger partial charge in [-0.25, -0.2) is 0 Å². The van der Waals surface area contributed by atoms with Gasteiger partial charge in [-0.1, -0.05) is 6.07 Å². The monoisotopic (exact) mass is 379 g/mol. The molecule has 2 fully saturated rings. The molecule has 0 spiro atoms. The fourth-order valence-corrected chi connectivity index (χ4v) is 3.82. The van der Waals surface area contributed by atoms with Gasteiger partial charge in [0.2, 0.25) is 0 Å². The fourth-order valence-electron chi connectivity index (χ4n) is 3.82. The van der Waals surface area contributed by atoms with E-state index in [0.29, 0.717) is 11.8 Å². The number of carbonyl (C=O) groups is 1. The van der Waals surface area contributed by atoms with Crippen molar-refractivity contribution in [2.75, 3.05) is 36.5 Å². The molecule has 1 aromatic heterocycles. The minimum Gasteiger partial charge on any atom is -0.482 e. The Morgan fingerprint density at radius 1 is 1.25 bits per heavy atom. The van der Waals surface area contributed by atoms with Crippen LogP contribution < -0.4 is 20.3 Å². The first-order valence-corrected chi connectivity index (χ1v) is 10.0. The van der Waals surface area contributed by atoms with E-state index in [2.05, 4.69) is 50.9 Å². The molecular weight excluding hydrogens is 354 g/mol. The van der Waals surface area contributed by atoms with Crippen molar-refractivity contribution in [1.29, 1.82) is 0 Å². The number of fused-ring (bicyclic) bond motifs is 1. The van der Waals surface area contributed by atoms with Gasteiger partial charge in [0.15, 0.2) is 12.4 Å². The highest BCUT2D eigenvalue weighted by Crippen LogP contribution is 2.39. The summed E-state index contributed by atoms with van der Waals surface area (Å²) in [5.74, 6) is 2.87. The van der Waals surface area contributed by atoms with Gasteiger partial charge in [-0.15, -0.1) is 5.10 Å². The molecule has 1 unspecified atom stereocenters. The Labute approximate surface area is 164 Å². The third-order valence-corrected chi connectivity index (χ3v) is 5.80. The van der Waals surface area contributed by atoms with Gasteiger partial charge in [0.05, 0.1) is 11.4 Å². The minimum absolute atomic E-state index is 0.0893. The van der Waals surface area contributed by atoms with Crippen LogP contribution in [0.2, 0.25) is 0 Å². The Bertz CT molecular complexity index is 875. The molecule has 0 radical (unpaired) electrons. The molecule has 2 aromatic rings. The molecule has 2 N–H and O–H groups in total. The van der Waals surface area contributed by atoms with Crippen LogP contribution in [0, 0.1) is 5.92 Å². The summed E-state index contributed by atoms with van der Waals surface area (Å²) < 4.78 is 5.42. The molecule has 1 aliphatic carbocycles. The lowest BCUT2D eigenvalue weighted by Crippen LogP contribution is -2.51. The van der Waals surface area contributed by atoms with Crippen LogP contribution in [0.5, 0.6) is 5.75 Å². The highest BCUT2D eigenvalue weighted by atomic mass is 16.5. The molecular formula is C21H25N5O2. The van der Waals surface area contributed by atoms with E-state index in [4.69, 9.17) is 4.74 Å². The summed E-state index contributed by atoms with van der Waals surface area (Å²) in [6.45, 7) is 5.19. The predicted octanol–water partition coefficient (Wildman–Crippen LogP) is 2.47. The second-order valence-electron chi connectivity index (χ2n) is 8.08. The highest BCUT2D eigenvalue weighted by molar-refractivity contribution is 5.95. The van der Waals surface area contributed by atoms with Crippen LogP contribution in [0.15, 0.2) is 30.3 Å². The maximum atomic E-state index is 11.5. The Kier molecular flexibility index (Phi) is 4.39. The Morgan fingerprint density at radius 3 is 2.86 bits per heavy atom. The third kappa shape index (κ3) is 3.54. The molecule has 7 heteroatoms. The summed E-state index contributed by atoms with van der Waals surface area (Å²) in [4.78, 5) is 13.8. The Morgan fingerprint density at radius 2 is 2.11 bits per heavy atom. The molecule has 1 amide bonds. The van der Waals surface area contributed by atoms with Crippen molar-refractivity contribution in [3.05, 3.63) is 41.6 Å². The Balaban J connectivity index is 1.11. The molecule has 1 saturated carbocycles. The number of aromatic nitrogens is 2. The molecule has 28 heavy (non-hydrogen) atoms. The highest BCUT2D eigenvalue weighted by Gasteiger charge is 2.30. The second kappa shape index (κ2) is 7.05. The van der Waals surface area contributed by atoms with Crippen LogP contribution in [0.25, 0.3) is 0 Å². The van der Waals surface area contributed by atoms with E-state index in [1.54, 1.807) is 0 Å². The van der Waals surface area contributed by atoms with Crippen molar-refractivity contribution >= 4 is 17.4 Å². The standard InChI is InChI=1S/C21H25N5O2/c1-13(16-4-6-19-18(8-16)23-21(27)12-28-19)22-9-14-10-26(11-14)20-7-5-17(24-25-20)15-2-3-15/h4-8,13-15,22H,2-3,9-12H2,1H3,(H,23,27). The van der Waals surface area contributed by atoms with Crippen LogP contribution in [-0.2, 0) is 4.79 Å². The summed E-state index contributed by atoms with van der Waals surface area (Å²) in [5, 5.41) is 15.2. The number of carbonyl (C=O) groups excluding carboxylic acids is 1. The van der Waals surface area contributed by atoms with E-state index in [1.807, 2.05) is 12.1 Å². The van der Waals surface area contributed by atoms with Crippen molar-refractivity contribution in [2.45, 2.75) is 31.7 Å². The molecule has 3 aliphatic rings.